The summed E-state index contributed by atoms with van der Waals surface area (Å²) in [7, 11) is 1.38. The Morgan fingerprint density at radius 3 is 3.00 bits per heavy atom. The van der Waals surface area contributed by atoms with Gasteiger partial charge in [-0.2, -0.15) is 0 Å². The van der Waals surface area contributed by atoms with Crippen LogP contribution in [0.15, 0.2) is 30.3 Å². The van der Waals surface area contributed by atoms with Gasteiger partial charge < -0.3 is 10.1 Å². The number of amidine groups is 1. The Kier molecular flexibility index (Phi) is 4.93. The predicted molar refractivity (Wildman–Crippen MR) is 79.9 cm³/mol. The zero-order valence-electron chi connectivity index (χ0n) is 11.7. The third-order valence-corrected chi connectivity index (χ3v) is 3.50. The smallest absolute Gasteiger partial charge is 0.338 e. The summed E-state index contributed by atoms with van der Waals surface area (Å²) < 4.78 is 4.78. The second kappa shape index (κ2) is 6.89. The average molecular weight is 272 g/mol. The summed E-state index contributed by atoms with van der Waals surface area (Å²) in [5.41, 5.74) is 1.38. The van der Waals surface area contributed by atoms with Crippen molar-refractivity contribution in [2.24, 2.45) is 5.92 Å². The fourth-order valence-electron chi connectivity index (χ4n) is 2.34. The van der Waals surface area contributed by atoms with Crippen molar-refractivity contribution < 1.29 is 9.53 Å². The number of esters is 1. The lowest BCUT2D eigenvalue weighted by atomic mass is 9.99. The van der Waals surface area contributed by atoms with Crippen LogP contribution in [0.1, 0.15) is 35.2 Å². The monoisotopic (exact) mass is 272 g/mol. The summed E-state index contributed by atoms with van der Waals surface area (Å²) in [6.07, 6.45) is 7.11. The van der Waals surface area contributed by atoms with Gasteiger partial charge in [-0.1, -0.05) is 36.8 Å². The molecule has 2 rings (SSSR count). The normalized spacial score (nSPS) is 19.4. The molecule has 0 aliphatic carbocycles. The molecule has 1 aromatic rings. The molecule has 0 saturated carbocycles. The highest BCUT2D eigenvalue weighted by Gasteiger charge is 2.15. The van der Waals surface area contributed by atoms with Gasteiger partial charge in [0.15, 0.2) is 0 Å². The molecule has 4 heteroatoms. The minimum absolute atomic E-state index is 0.100. The van der Waals surface area contributed by atoms with Gasteiger partial charge in [-0.25, -0.2) is 4.79 Å². The van der Waals surface area contributed by atoms with Crippen molar-refractivity contribution in [1.82, 2.24) is 5.32 Å². The lowest BCUT2D eigenvalue weighted by Crippen LogP contribution is -2.27. The van der Waals surface area contributed by atoms with Crippen molar-refractivity contribution in [3.63, 3.8) is 0 Å². The minimum Gasteiger partial charge on any atom is -0.465 e. The zero-order chi connectivity index (χ0) is 14.4. The van der Waals surface area contributed by atoms with Crippen LogP contribution in [0.3, 0.4) is 0 Å². The van der Waals surface area contributed by atoms with E-state index in [1.807, 2.05) is 30.4 Å². The molecular weight excluding hydrogens is 252 g/mol. The van der Waals surface area contributed by atoms with Crippen molar-refractivity contribution in [1.29, 1.82) is 5.41 Å². The Labute approximate surface area is 119 Å². The number of rotatable bonds is 3. The number of ether oxygens (including phenoxy) is 1. The summed E-state index contributed by atoms with van der Waals surface area (Å²) in [6, 6.07) is 7.35. The SMILES string of the molecule is COC(=O)c1ccccc1/C=C/C1CCCCNC1=N. The highest BCUT2D eigenvalue weighted by molar-refractivity contribution is 5.94. The van der Waals surface area contributed by atoms with Gasteiger partial charge in [-0.15, -0.1) is 0 Å². The molecule has 1 unspecified atom stereocenters. The molecular formula is C16H20N2O2. The van der Waals surface area contributed by atoms with Gasteiger partial charge >= 0.3 is 5.97 Å². The minimum atomic E-state index is -0.334. The fraction of sp³-hybridized carbons (Fsp3) is 0.375. The molecule has 1 aromatic carbocycles. The van der Waals surface area contributed by atoms with Crippen LogP contribution in [-0.2, 0) is 4.74 Å². The first-order chi connectivity index (χ1) is 9.72. The first kappa shape index (κ1) is 14.3. The third-order valence-electron chi connectivity index (χ3n) is 3.50. The number of carbonyl (C=O) groups excluding carboxylic acids is 1. The van der Waals surface area contributed by atoms with Crippen molar-refractivity contribution in [2.45, 2.75) is 19.3 Å². The van der Waals surface area contributed by atoms with Gasteiger partial charge in [-0.3, -0.25) is 5.41 Å². The van der Waals surface area contributed by atoms with Crippen LogP contribution < -0.4 is 5.32 Å². The zero-order valence-corrected chi connectivity index (χ0v) is 11.7. The van der Waals surface area contributed by atoms with Gasteiger partial charge in [-0.05, 0) is 24.5 Å². The first-order valence-electron chi connectivity index (χ1n) is 6.90. The maximum Gasteiger partial charge on any atom is 0.338 e. The van der Waals surface area contributed by atoms with Crippen LogP contribution in [0.25, 0.3) is 6.08 Å². The Balaban J connectivity index is 2.18. The summed E-state index contributed by atoms with van der Waals surface area (Å²) in [5.74, 6) is 0.330. The Bertz CT molecular complexity index is 523. The number of benzene rings is 1. The Hall–Kier alpha value is -2.10. The number of hydrogen-bond acceptors (Lipinski definition) is 3. The summed E-state index contributed by atoms with van der Waals surface area (Å²) >= 11 is 0. The van der Waals surface area contributed by atoms with E-state index in [0.29, 0.717) is 11.4 Å². The molecule has 0 bridgehead atoms. The van der Waals surface area contributed by atoms with Crippen LogP contribution in [0.5, 0.6) is 0 Å². The van der Waals surface area contributed by atoms with E-state index in [1.54, 1.807) is 6.07 Å². The average Bonchev–Trinajstić information content (AvgIpc) is 2.69. The van der Waals surface area contributed by atoms with E-state index in [4.69, 9.17) is 10.1 Å². The Morgan fingerprint density at radius 2 is 2.20 bits per heavy atom. The van der Waals surface area contributed by atoms with Crippen LogP contribution in [0.2, 0.25) is 0 Å². The molecule has 4 nitrogen and oxygen atoms in total. The van der Waals surface area contributed by atoms with E-state index in [-0.39, 0.29) is 11.9 Å². The highest BCUT2D eigenvalue weighted by Crippen LogP contribution is 2.18. The van der Waals surface area contributed by atoms with Crippen LogP contribution in [0, 0.1) is 11.3 Å². The number of carbonyl (C=O) groups is 1. The highest BCUT2D eigenvalue weighted by atomic mass is 16.5. The number of nitrogens with one attached hydrogen (secondary N) is 2. The van der Waals surface area contributed by atoms with Crippen molar-refractivity contribution in [3.05, 3.63) is 41.5 Å². The molecule has 2 N–H and O–H groups in total. The molecule has 0 radical (unpaired) electrons. The predicted octanol–water partition coefficient (Wildman–Crippen LogP) is 2.85. The van der Waals surface area contributed by atoms with Crippen LogP contribution in [-0.4, -0.2) is 25.5 Å². The lowest BCUT2D eigenvalue weighted by Gasteiger charge is -2.11. The van der Waals surface area contributed by atoms with E-state index in [1.165, 1.54) is 7.11 Å². The first-order valence-corrected chi connectivity index (χ1v) is 6.90. The van der Waals surface area contributed by atoms with Gasteiger partial charge in [0.05, 0.1) is 12.7 Å². The van der Waals surface area contributed by atoms with E-state index in [9.17, 15) is 4.79 Å². The van der Waals surface area contributed by atoms with Gasteiger partial charge in [0.1, 0.15) is 5.84 Å². The topological polar surface area (TPSA) is 62.2 Å². The largest absolute Gasteiger partial charge is 0.465 e. The van der Waals surface area contributed by atoms with E-state index in [2.05, 4.69) is 5.32 Å². The van der Waals surface area contributed by atoms with Gasteiger partial charge in [0.25, 0.3) is 0 Å². The quantitative estimate of drug-likeness (QED) is 0.832. The van der Waals surface area contributed by atoms with Gasteiger partial charge in [0.2, 0.25) is 0 Å². The Morgan fingerprint density at radius 1 is 1.40 bits per heavy atom. The van der Waals surface area contributed by atoms with Crippen molar-refractivity contribution in [2.75, 3.05) is 13.7 Å². The molecule has 20 heavy (non-hydrogen) atoms. The number of methoxy groups -OCH3 is 1. The molecule has 0 spiro atoms. The molecule has 0 aromatic heterocycles. The summed E-state index contributed by atoms with van der Waals surface area (Å²) in [4.78, 5) is 11.7. The maximum atomic E-state index is 11.7. The molecule has 1 heterocycles. The molecule has 1 fully saturated rings. The van der Waals surface area contributed by atoms with Crippen LogP contribution in [0.4, 0.5) is 0 Å². The molecule has 1 aliphatic heterocycles. The maximum absolute atomic E-state index is 11.7. The molecule has 1 aliphatic rings. The summed E-state index contributed by atoms with van der Waals surface area (Å²) in [6.45, 7) is 0.877. The number of hydrogen-bond donors (Lipinski definition) is 2. The molecule has 0 amide bonds. The summed E-state index contributed by atoms with van der Waals surface area (Å²) in [5, 5.41) is 11.1. The van der Waals surface area contributed by atoms with Crippen LogP contribution >= 0.6 is 0 Å². The molecule has 1 saturated heterocycles. The van der Waals surface area contributed by atoms with E-state index < -0.39 is 0 Å². The third kappa shape index (κ3) is 3.47. The molecule has 1 atom stereocenters. The van der Waals surface area contributed by atoms with E-state index >= 15 is 0 Å². The van der Waals surface area contributed by atoms with E-state index in [0.717, 1.165) is 31.4 Å². The lowest BCUT2D eigenvalue weighted by molar-refractivity contribution is 0.0600. The second-order valence-corrected chi connectivity index (χ2v) is 4.88. The second-order valence-electron chi connectivity index (χ2n) is 4.88. The van der Waals surface area contributed by atoms with Crippen molar-refractivity contribution in [3.8, 4) is 0 Å². The van der Waals surface area contributed by atoms with Crippen molar-refractivity contribution >= 4 is 17.9 Å². The molecule has 106 valence electrons. The standard InChI is InChI=1S/C16H20N2O2/c1-20-16(19)14-8-3-2-6-12(14)9-10-13-7-4-5-11-18-15(13)17/h2-3,6,8-10,13H,4-5,7,11H2,1H3,(H2,17,18)/b10-9+. The fourth-order valence-corrected chi connectivity index (χ4v) is 2.34. The van der Waals surface area contributed by atoms with Gasteiger partial charge in [0, 0.05) is 12.5 Å².